The number of allylic oxidation sites excluding steroid dienone is 1. The van der Waals surface area contributed by atoms with Gasteiger partial charge in [0.1, 0.15) is 0 Å². The van der Waals surface area contributed by atoms with Crippen LogP contribution in [0.25, 0.3) is 0 Å². The average molecular weight is 372 g/mol. The van der Waals surface area contributed by atoms with E-state index in [2.05, 4.69) is 6.92 Å². The smallest absolute Gasteiger partial charge is 0.334 e. The molecule has 5 heteroatoms. The Morgan fingerprint density at radius 1 is 1.04 bits per heavy atom. The molecule has 1 rings (SSSR count). The summed E-state index contributed by atoms with van der Waals surface area (Å²) in [6, 6.07) is 0. The second-order valence-corrected chi connectivity index (χ2v) is 9.64. The Balaban J connectivity index is 2.83. The van der Waals surface area contributed by atoms with Crippen LogP contribution in [0.3, 0.4) is 0 Å². The first kappa shape index (κ1) is 22.4. The van der Waals surface area contributed by atoms with Crippen molar-refractivity contribution < 1.29 is 18.6 Å². The molecule has 1 atom stereocenters. The maximum Gasteiger partial charge on any atom is 0.334 e. The Kier molecular flexibility index (Phi) is 11.4. The highest BCUT2D eigenvalue weighted by molar-refractivity contribution is 7.59. The molecule has 1 aliphatic carbocycles. The van der Waals surface area contributed by atoms with Gasteiger partial charge in [-0.1, -0.05) is 51.5 Å². The molecule has 0 amide bonds. The standard InChI is InChI=1S/C20H37O4P/c1-4-7-8-12-15-25(22,24-6-3)17-19(20(21)23-5-2)16-18-13-10-9-11-14-18/h16,18H,4-15,17H2,1-3H3/b19-16+. The van der Waals surface area contributed by atoms with Crippen molar-refractivity contribution in [1.29, 1.82) is 0 Å². The highest BCUT2D eigenvalue weighted by atomic mass is 31.2. The Morgan fingerprint density at radius 2 is 1.76 bits per heavy atom. The van der Waals surface area contributed by atoms with Crippen LogP contribution in [0.1, 0.15) is 78.6 Å². The lowest BCUT2D eigenvalue weighted by Crippen LogP contribution is -2.16. The van der Waals surface area contributed by atoms with E-state index in [1.54, 1.807) is 0 Å². The van der Waals surface area contributed by atoms with Crippen molar-refractivity contribution in [3.8, 4) is 0 Å². The monoisotopic (exact) mass is 372 g/mol. The van der Waals surface area contributed by atoms with Gasteiger partial charge in [-0.05, 0) is 39.0 Å². The molecule has 0 radical (unpaired) electrons. The van der Waals surface area contributed by atoms with E-state index in [0.717, 1.165) is 38.5 Å². The molecule has 0 aliphatic heterocycles. The lowest BCUT2D eigenvalue weighted by atomic mass is 9.88. The highest BCUT2D eigenvalue weighted by Gasteiger charge is 2.28. The van der Waals surface area contributed by atoms with E-state index in [-0.39, 0.29) is 12.1 Å². The molecule has 0 heterocycles. The van der Waals surface area contributed by atoms with Gasteiger partial charge in [0, 0.05) is 11.7 Å². The largest absolute Gasteiger partial charge is 0.463 e. The predicted octanol–water partition coefficient (Wildman–Crippen LogP) is 5.95. The zero-order valence-corrected chi connectivity index (χ0v) is 17.3. The number of esters is 1. The molecule has 0 spiro atoms. The number of ether oxygens (including phenoxy) is 1. The molecule has 1 unspecified atom stereocenters. The van der Waals surface area contributed by atoms with E-state index in [1.165, 1.54) is 19.3 Å². The van der Waals surface area contributed by atoms with Gasteiger partial charge in [-0.3, -0.25) is 4.57 Å². The third-order valence-electron chi connectivity index (χ3n) is 4.75. The zero-order chi connectivity index (χ0) is 18.5. The summed E-state index contributed by atoms with van der Waals surface area (Å²) in [7, 11) is -2.83. The van der Waals surface area contributed by atoms with Crippen LogP contribution < -0.4 is 0 Å². The number of carbonyl (C=O) groups is 1. The Hall–Kier alpha value is -0.600. The normalized spacial score (nSPS) is 18.8. The van der Waals surface area contributed by atoms with Gasteiger partial charge >= 0.3 is 5.97 Å². The van der Waals surface area contributed by atoms with Gasteiger partial charge in [0.05, 0.1) is 19.4 Å². The molecule has 0 aromatic carbocycles. The maximum absolute atomic E-state index is 13.3. The quantitative estimate of drug-likeness (QED) is 0.184. The van der Waals surface area contributed by atoms with E-state index in [4.69, 9.17) is 9.26 Å². The van der Waals surface area contributed by atoms with E-state index in [0.29, 0.717) is 30.9 Å². The Bertz CT molecular complexity index is 453. The fraction of sp³-hybridized carbons (Fsp3) is 0.850. The molecule has 0 aromatic heterocycles. The fourth-order valence-electron chi connectivity index (χ4n) is 3.46. The second-order valence-electron chi connectivity index (χ2n) is 6.99. The van der Waals surface area contributed by atoms with Crippen LogP contribution in [0.2, 0.25) is 0 Å². The summed E-state index contributed by atoms with van der Waals surface area (Å²) in [5, 5.41) is 0. The van der Waals surface area contributed by atoms with E-state index in [1.807, 2.05) is 19.9 Å². The lowest BCUT2D eigenvalue weighted by molar-refractivity contribution is -0.138. The minimum absolute atomic E-state index is 0.225. The molecule has 4 nitrogen and oxygen atoms in total. The summed E-state index contributed by atoms with van der Waals surface area (Å²) < 4.78 is 24.2. The zero-order valence-electron chi connectivity index (χ0n) is 16.4. The van der Waals surface area contributed by atoms with Gasteiger partial charge in [0.15, 0.2) is 0 Å². The number of carbonyl (C=O) groups excluding carboxylic acids is 1. The predicted molar refractivity (Wildman–Crippen MR) is 104 cm³/mol. The van der Waals surface area contributed by atoms with Gasteiger partial charge in [0.2, 0.25) is 7.37 Å². The van der Waals surface area contributed by atoms with Gasteiger partial charge < -0.3 is 9.26 Å². The Labute approximate surface area is 154 Å². The van der Waals surface area contributed by atoms with E-state index in [9.17, 15) is 9.36 Å². The molecule has 25 heavy (non-hydrogen) atoms. The minimum Gasteiger partial charge on any atom is -0.463 e. The number of hydrogen-bond donors (Lipinski definition) is 0. The van der Waals surface area contributed by atoms with Crippen LogP contribution >= 0.6 is 7.37 Å². The number of rotatable bonds is 12. The summed E-state index contributed by atoms with van der Waals surface area (Å²) in [4.78, 5) is 12.4. The van der Waals surface area contributed by atoms with Crippen molar-refractivity contribution in [2.24, 2.45) is 5.92 Å². The molecule has 1 fully saturated rings. The number of hydrogen-bond acceptors (Lipinski definition) is 4. The van der Waals surface area contributed by atoms with Crippen molar-refractivity contribution in [3.05, 3.63) is 11.6 Å². The Morgan fingerprint density at radius 3 is 2.36 bits per heavy atom. The first-order valence-corrected chi connectivity index (χ1v) is 12.1. The van der Waals surface area contributed by atoms with Gasteiger partial charge in [0.25, 0.3) is 0 Å². The van der Waals surface area contributed by atoms with Gasteiger partial charge in [-0.2, -0.15) is 0 Å². The van der Waals surface area contributed by atoms with Crippen molar-refractivity contribution >= 4 is 13.3 Å². The third kappa shape index (κ3) is 9.06. The van der Waals surface area contributed by atoms with E-state index < -0.39 is 7.37 Å². The molecule has 1 aliphatic rings. The summed E-state index contributed by atoms with van der Waals surface area (Å²) in [5.74, 6) is 0.0879. The van der Waals surface area contributed by atoms with Crippen LogP contribution in [0, 0.1) is 5.92 Å². The molecule has 1 saturated carbocycles. The molecule has 0 N–H and O–H groups in total. The summed E-state index contributed by atoms with van der Waals surface area (Å²) in [6.45, 7) is 6.60. The van der Waals surface area contributed by atoms with Crippen molar-refractivity contribution in [3.63, 3.8) is 0 Å². The van der Waals surface area contributed by atoms with Gasteiger partial charge in [-0.15, -0.1) is 0 Å². The van der Waals surface area contributed by atoms with Crippen LogP contribution in [0.4, 0.5) is 0 Å². The molecule has 0 bridgehead atoms. The minimum atomic E-state index is -2.83. The lowest BCUT2D eigenvalue weighted by Gasteiger charge is -2.22. The second kappa shape index (κ2) is 12.7. The van der Waals surface area contributed by atoms with Crippen LogP contribution in [0.5, 0.6) is 0 Å². The van der Waals surface area contributed by atoms with Crippen molar-refractivity contribution in [1.82, 2.24) is 0 Å². The van der Waals surface area contributed by atoms with E-state index >= 15 is 0 Å². The summed E-state index contributed by atoms with van der Waals surface area (Å²) in [6.07, 6.45) is 13.0. The first-order chi connectivity index (χ1) is 12.0. The summed E-state index contributed by atoms with van der Waals surface area (Å²) >= 11 is 0. The average Bonchev–Trinajstić information content (AvgIpc) is 2.60. The van der Waals surface area contributed by atoms with Crippen LogP contribution in [-0.4, -0.2) is 31.5 Å². The topological polar surface area (TPSA) is 52.6 Å². The molecular formula is C20H37O4P. The fourth-order valence-corrected chi connectivity index (χ4v) is 5.77. The summed E-state index contributed by atoms with van der Waals surface area (Å²) in [5.41, 5.74) is 0.570. The van der Waals surface area contributed by atoms with Crippen LogP contribution in [0.15, 0.2) is 11.6 Å². The maximum atomic E-state index is 13.3. The molecular weight excluding hydrogens is 335 g/mol. The van der Waals surface area contributed by atoms with Gasteiger partial charge in [-0.25, -0.2) is 4.79 Å². The molecule has 0 aromatic rings. The van der Waals surface area contributed by atoms with Crippen molar-refractivity contribution in [2.45, 2.75) is 78.6 Å². The number of unbranched alkanes of at least 4 members (excludes halogenated alkanes) is 3. The van der Waals surface area contributed by atoms with Crippen molar-refractivity contribution in [2.75, 3.05) is 25.5 Å². The SMILES string of the molecule is CCCCCCP(=O)(C/C(=C\C1CCCCC1)C(=O)OCC)OCC. The molecule has 0 saturated heterocycles. The molecule has 146 valence electrons. The third-order valence-corrected chi connectivity index (χ3v) is 7.30. The first-order valence-electron chi connectivity index (χ1n) is 10.1. The van der Waals surface area contributed by atoms with Crippen LogP contribution in [-0.2, 0) is 18.6 Å². The highest BCUT2D eigenvalue weighted by Crippen LogP contribution is 2.49.